The van der Waals surface area contributed by atoms with Crippen molar-refractivity contribution < 1.29 is 9.53 Å². The number of aryl methyl sites for hydroxylation is 2. The minimum absolute atomic E-state index is 0.263. The van der Waals surface area contributed by atoms with E-state index in [9.17, 15) is 4.79 Å². The van der Waals surface area contributed by atoms with Crippen molar-refractivity contribution in [1.29, 1.82) is 0 Å². The second kappa shape index (κ2) is 6.65. The topological polar surface area (TPSA) is 42.1 Å². The summed E-state index contributed by atoms with van der Waals surface area (Å²) in [5.41, 5.74) is 5.60. The maximum absolute atomic E-state index is 11.8. The van der Waals surface area contributed by atoms with Gasteiger partial charge in [0.15, 0.2) is 0 Å². The van der Waals surface area contributed by atoms with Gasteiger partial charge < -0.3 is 9.72 Å². The number of H-pyrrole nitrogens is 1. The molecule has 3 heteroatoms. The van der Waals surface area contributed by atoms with Crippen LogP contribution in [0.5, 0.6) is 0 Å². The van der Waals surface area contributed by atoms with Gasteiger partial charge in [-0.25, -0.2) is 4.79 Å². The van der Waals surface area contributed by atoms with Crippen LogP contribution in [0.1, 0.15) is 47.1 Å². The molecule has 0 fully saturated rings. The van der Waals surface area contributed by atoms with Crippen molar-refractivity contribution in [2.75, 3.05) is 6.61 Å². The standard InChI is InChI=1S/C19H21NO2/c1-2-22-19(21)17-13-16-12-11-15(18(16)20-17)10-6-9-14-7-4-3-5-8-14/h3-5,7-8,10,13,20H,2,6,9,11-12H2,1H3. The first-order valence-corrected chi connectivity index (χ1v) is 7.90. The van der Waals surface area contributed by atoms with Crippen LogP contribution < -0.4 is 0 Å². The van der Waals surface area contributed by atoms with Crippen molar-refractivity contribution in [1.82, 2.24) is 4.98 Å². The van der Waals surface area contributed by atoms with Crippen LogP contribution in [0.25, 0.3) is 5.57 Å². The molecule has 1 heterocycles. The van der Waals surface area contributed by atoms with E-state index in [2.05, 4.69) is 35.3 Å². The largest absolute Gasteiger partial charge is 0.461 e. The van der Waals surface area contributed by atoms with E-state index >= 15 is 0 Å². The fraction of sp³-hybridized carbons (Fsp3) is 0.316. The Morgan fingerprint density at radius 1 is 1.27 bits per heavy atom. The highest BCUT2D eigenvalue weighted by Crippen LogP contribution is 2.32. The van der Waals surface area contributed by atoms with Crippen LogP contribution in [-0.2, 0) is 17.6 Å². The lowest BCUT2D eigenvalue weighted by atomic mass is 10.1. The lowest BCUT2D eigenvalue weighted by Gasteiger charge is -2.01. The summed E-state index contributed by atoms with van der Waals surface area (Å²) in [6, 6.07) is 12.4. The summed E-state index contributed by atoms with van der Waals surface area (Å²) in [5, 5.41) is 0. The van der Waals surface area contributed by atoms with E-state index in [1.807, 2.05) is 19.1 Å². The molecule has 0 atom stereocenters. The van der Waals surface area contributed by atoms with Crippen molar-refractivity contribution in [3.05, 3.63) is 65.0 Å². The minimum atomic E-state index is -0.263. The average molecular weight is 295 g/mol. The molecule has 2 aromatic rings. The number of aromatic nitrogens is 1. The number of nitrogens with one attached hydrogen (secondary N) is 1. The number of aromatic amines is 1. The third-order valence-corrected chi connectivity index (χ3v) is 4.05. The van der Waals surface area contributed by atoms with Gasteiger partial charge in [0.25, 0.3) is 0 Å². The van der Waals surface area contributed by atoms with E-state index in [1.165, 1.54) is 16.7 Å². The van der Waals surface area contributed by atoms with Crippen LogP contribution in [0.3, 0.4) is 0 Å². The highest BCUT2D eigenvalue weighted by molar-refractivity contribution is 5.89. The van der Waals surface area contributed by atoms with E-state index in [-0.39, 0.29) is 5.97 Å². The number of carbonyl (C=O) groups excluding carboxylic acids is 1. The van der Waals surface area contributed by atoms with Gasteiger partial charge in [-0.1, -0.05) is 36.4 Å². The van der Waals surface area contributed by atoms with Crippen molar-refractivity contribution in [2.24, 2.45) is 0 Å². The second-order valence-corrected chi connectivity index (χ2v) is 5.56. The highest BCUT2D eigenvalue weighted by atomic mass is 16.5. The molecule has 3 nitrogen and oxygen atoms in total. The van der Waals surface area contributed by atoms with Crippen LogP contribution >= 0.6 is 0 Å². The predicted molar refractivity (Wildman–Crippen MR) is 87.8 cm³/mol. The molecule has 0 spiro atoms. The fourth-order valence-corrected chi connectivity index (χ4v) is 2.96. The number of hydrogen-bond acceptors (Lipinski definition) is 2. The van der Waals surface area contributed by atoms with Crippen molar-refractivity contribution in [3.63, 3.8) is 0 Å². The molecule has 0 bridgehead atoms. The smallest absolute Gasteiger partial charge is 0.354 e. The number of esters is 1. The van der Waals surface area contributed by atoms with Gasteiger partial charge in [-0.2, -0.15) is 0 Å². The molecule has 0 saturated carbocycles. The van der Waals surface area contributed by atoms with E-state index in [1.54, 1.807) is 0 Å². The van der Waals surface area contributed by atoms with Crippen LogP contribution in [0, 0.1) is 0 Å². The fourth-order valence-electron chi connectivity index (χ4n) is 2.96. The molecule has 1 aromatic heterocycles. The number of fused-ring (bicyclic) bond motifs is 1. The lowest BCUT2D eigenvalue weighted by Crippen LogP contribution is -2.05. The number of benzene rings is 1. The molecule has 1 aliphatic rings. The summed E-state index contributed by atoms with van der Waals surface area (Å²) in [7, 11) is 0. The molecular weight excluding hydrogens is 274 g/mol. The monoisotopic (exact) mass is 295 g/mol. The summed E-state index contributed by atoms with van der Waals surface area (Å²) < 4.78 is 5.05. The van der Waals surface area contributed by atoms with E-state index in [0.29, 0.717) is 12.3 Å². The van der Waals surface area contributed by atoms with Crippen LogP contribution in [0.15, 0.2) is 42.5 Å². The first-order valence-electron chi connectivity index (χ1n) is 7.90. The summed E-state index contributed by atoms with van der Waals surface area (Å²) in [5.74, 6) is -0.263. The molecule has 3 rings (SSSR count). The number of ether oxygens (including phenoxy) is 1. The predicted octanol–water partition coefficient (Wildman–Crippen LogP) is 4.15. The van der Waals surface area contributed by atoms with E-state index in [0.717, 1.165) is 31.4 Å². The molecule has 1 N–H and O–H groups in total. The normalized spacial score (nSPS) is 15.0. The molecule has 0 aliphatic heterocycles. The first kappa shape index (κ1) is 14.6. The Kier molecular flexibility index (Phi) is 4.42. The van der Waals surface area contributed by atoms with E-state index < -0.39 is 0 Å². The van der Waals surface area contributed by atoms with Gasteiger partial charge in [-0.05, 0) is 55.4 Å². The molecule has 0 radical (unpaired) electrons. The number of hydrogen-bond donors (Lipinski definition) is 1. The Morgan fingerprint density at radius 3 is 2.86 bits per heavy atom. The zero-order valence-corrected chi connectivity index (χ0v) is 12.9. The average Bonchev–Trinajstić information content (AvgIpc) is 3.10. The molecule has 1 aromatic carbocycles. The number of rotatable bonds is 5. The zero-order chi connectivity index (χ0) is 15.4. The molecule has 0 amide bonds. The minimum Gasteiger partial charge on any atom is -0.461 e. The quantitative estimate of drug-likeness (QED) is 0.842. The van der Waals surface area contributed by atoms with Gasteiger partial charge in [0.1, 0.15) is 5.69 Å². The third-order valence-electron chi connectivity index (χ3n) is 4.05. The summed E-state index contributed by atoms with van der Waals surface area (Å²) in [6.45, 7) is 2.23. The molecular formula is C19H21NO2. The van der Waals surface area contributed by atoms with Crippen LogP contribution in [-0.4, -0.2) is 17.6 Å². The Hall–Kier alpha value is -2.29. The van der Waals surface area contributed by atoms with Crippen LogP contribution in [0.4, 0.5) is 0 Å². The second-order valence-electron chi connectivity index (χ2n) is 5.56. The SMILES string of the molecule is CCOC(=O)c1cc2c([nH]1)C(=CCCc1ccccc1)CC2. The highest BCUT2D eigenvalue weighted by Gasteiger charge is 2.21. The molecule has 0 unspecified atom stereocenters. The van der Waals surface area contributed by atoms with Gasteiger partial charge in [0.05, 0.1) is 6.61 Å². The number of carbonyl (C=O) groups is 1. The van der Waals surface area contributed by atoms with Crippen molar-refractivity contribution in [3.8, 4) is 0 Å². The van der Waals surface area contributed by atoms with Crippen LogP contribution in [0.2, 0.25) is 0 Å². The van der Waals surface area contributed by atoms with Crippen molar-refractivity contribution >= 4 is 11.5 Å². The molecule has 22 heavy (non-hydrogen) atoms. The van der Waals surface area contributed by atoms with Crippen molar-refractivity contribution in [2.45, 2.75) is 32.6 Å². The van der Waals surface area contributed by atoms with Gasteiger partial charge >= 0.3 is 5.97 Å². The Labute approximate surface area is 131 Å². The summed E-state index contributed by atoms with van der Waals surface area (Å²) in [4.78, 5) is 15.0. The van der Waals surface area contributed by atoms with Gasteiger partial charge in [0, 0.05) is 5.69 Å². The zero-order valence-electron chi connectivity index (χ0n) is 12.9. The molecule has 0 saturated heterocycles. The van der Waals surface area contributed by atoms with Gasteiger partial charge in [-0.15, -0.1) is 0 Å². The Morgan fingerprint density at radius 2 is 2.09 bits per heavy atom. The first-order chi connectivity index (χ1) is 10.8. The molecule has 1 aliphatic carbocycles. The Balaban J connectivity index is 1.68. The molecule has 114 valence electrons. The summed E-state index contributed by atoms with van der Waals surface area (Å²) in [6.07, 6.45) is 6.42. The third kappa shape index (κ3) is 3.14. The van der Waals surface area contributed by atoms with Gasteiger partial charge in [0.2, 0.25) is 0 Å². The van der Waals surface area contributed by atoms with E-state index in [4.69, 9.17) is 4.74 Å². The van der Waals surface area contributed by atoms with Gasteiger partial charge in [-0.3, -0.25) is 0 Å². The maximum Gasteiger partial charge on any atom is 0.354 e. The number of allylic oxidation sites excluding steroid dienone is 2. The Bertz CT molecular complexity index is 683. The maximum atomic E-state index is 11.8. The summed E-state index contributed by atoms with van der Waals surface area (Å²) >= 11 is 0. The lowest BCUT2D eigenvalue weighted by molar-refractivity contribution is 0.0520.